The van der Waals surface area contributed by atoms with Gasteiger partial charge in [-0.15, -0.1) is 0 Å². The summed E-state index contributed by atoms with van der Waals surface area (Å²) < 4.78 is 11.5. The van der Waals surface area contributed by atoms with Crippen LogP contribution in [0.15, 0.2) is 53.6 Å². The van der Waals surface area contributed by atoms with Gasteiger partial charge < -0.3 is 9.47 Å². The monoisotopic (exact) mass is 380 g/mol. The number of amides is 1. The van der Waals surface area contributed by atoms with E-state index in [1.807, 2.05) is 43.3 Å². The van der Waals surface area contributed by atoms with Gasteiger partial charge in [-0.3, -0.25) is 4.79 Å². The number of hydrogen-bond acceptors (Lipinski definition) is 4. The maximum absolute atomic E-state index is 12.3. The van der Waals surface area contributed by atoms with Crippen LogP contribution in [0.1, 0.15) is 61.9 Å². The third kappa shape index (κ3) is 5.59. The highest BCUT2D eigenvalue weighted by Crippen LogP contribution is 2.24. The number of hydrogen-bond donors (Lipinski definition) is 1. The molecule has 2 aromatic rings. The van der Waals surface area contributed by atoms with Crippen LogP contribution in [0.25, 0.3) is 0 Å². The van der Waals surface area contributed by atoms with E-state index in [-0.39, 0.29) is 5.91 Å². The first-order chi connectivity index (χ1) is 13.7. The van der Waals surface area contributed by atoms with Crippen LogP contribution in [0.4, 0.5) is 0 Å². The van der Waals surface area contributed by atoms with E-state index in [0.717, 1.165) is 42.0 Å². The van der Waals surface area contributed by atoms with Gasteiger partial charge >= 0.3 is 0 Å². The Labute approximate surface area is 166 Å². The second kappa shape index (κ2) is 9.93. The fraction of sp³-hybridized carbons (Fsp3) is 0.391. The Balaban J connectivity index is 1.54. The number of carbonyl (C=O) groups is 1. The van der Waals surface area contributed by atoms with Gasteiger partial charge in [-0.1, -0.05) is 6.92 Å². The Morgan fingerprint density at radius 3 is 2.25 bits per heavy atom. The maximum atomic E-state index is 12.3. The summed E-state index contributed by atoms with van der Waals surface area (Å²) in [5.41, 5.74) is 4.84. The molecule has 1 amide bonds. The van der Waals surface area contributed by atoms with Crippen molar-refractivity contribution >= 4 is 11.6 Å². The fourth-order valence-electron chi connectivity index (χ4n) is 3.16. The normalized spacial score (nSPS) is 14.7. The number of benzene rings is 2. The molecule has 28 heavy (non-hydrogen) atoms. The Kier molecular flexibility index (Phi) is 7.06. The molecule has 5 nitrogen and oxygen atoms in total. The molecular weight excluding hydrogens is 352 g/mol. The van der Waals surface area contributed by atoms with Crippen molar-refractivity contribution in [1.29, 1.82) is 0 Å². The van der Waals surface area contributed by atoms with Gasteiger partial charge in [0, 0.05) is 5.56 Å². The molecule has 0 aromatic heterocycles. The summed E-state index contributed by atoms with van der Waals surface area (Å²) in [6, 6.07) is 14.9. The summed E-state index contributed by atoms with van der Waals surface area (Å²) >= 11 is 0. The van der Waals surface area contributed by atoms with Gasteiger partial charge in [0.25, 0.3) is 5.91 Å². The van der Waals surface area contributed by atoms with Gasteiger partial charge in [-0.05, 0) is 93.1 Å². The quantitative estimate of drug-likeness (QED) is 0.521. The second-order valence-electron chi connectivity index (χ2n) is 7.06. The molecule has 5 heteroatoms. The van der Waals surface area contributed by atoms with Gasteiger partial charge in [0.2, 0.25) is 0 Å². The lowest BCUT2D eigenvalue weighted by Crippen LogP contribution is -2.19. The molecule has 3 rings (SSSR count). The van der Waals surface area contributed by atoms with E-state index >= 15 is 0 Å². The van der Waals surface area contributed by atoms with Crippen LogP contribution in [-0.2, 0) is 0 Å². The maximum Gasteiger partial charge on any atom is 0.271 e. The zero-order chi connectivity index (χ0) is 19.8. The molecule has 0 radical (unpaired) electrons. The smallest absolute Gasteiger partial charge is 0.271 e. The molecule has 148 valence electrons. The molecule has 1 fully saturated rings. The van der Waals surface area contributed by atoms with Crippen LogP contribution in [0.5, 0.6) is 11.5 Å². The van der Waals surface area contributed by atoms with E-state index < -0.39 is 0 Å². The molecule has 2 aromatic carbocycles. The van der Waals surface area contributed by atoms with E-state index in [1.165, 1.54) is 12.8 Å². The molecular formula is C23H28N2O3. The molecule has 0 atom stereocenters. The first kappa shape index (κ1) is 19.9. The predicted molar refractivity (Wildman–Crippen MR) is 111 cm³/mol. The first-order valence-electron chi connectivity index (χ1n) is 10.0. The number of nitrogens with one attached hydrogen (secondary N) is 1. The fourth-order valence-corrected chi connectivity index (χ4v) is 3.16. The largest absolute Gasteiger partial charge is 0.494 e. The number of rotatable bonds is 8. The van der Waals surface area contributed by atoms with Crippen molar-refractivity contribution in [3.8, 4) is 11.5 Å². The first-order valence-corrected chi connectivity index (χ1v) is 10.0. The third-order valence-electron chi connectivity index (χ3n) is 4.79. The van der Waals surface area contributed by atoms with E-state index in [1.54, 1.807) is 12.1 Å². The molecule has 0 aliphatic heterocycles. The van der Waals surface area contributed by atoms with Crippen molar-refractivity contribution in [3.05, 3.63) is 59.7 Å². The van der Waals surface area contributed by atoms with E-state index in [2.05, 4.69) is 17.5 Å². The van der Waals surface area contributed by atoms with Crippen LogP contribution < -0.4 is 14.9 Å². The Bertz CT molecular complexity index is 792. The highest BCUT2D eigenvalue weighted by Gasteiger charge is 2.16. The average molecular weight is 380 g/mol. The standard InChI is InChI=1S/C23H28N2O3/c1-3-16-27-20-12-8-18(9-13-20)17(2)24-25-23(26)19-10-14-22(15-11-19)28-21-6-4-5-7-21/h8-15,21H,3-7,16H2,1-2H3,(H,25,26)/b24-17+. The van der Waals surface area contributed by atoms with Crippen LogP contribution in [0.3, 0.4) is 0 Å². The van der Waals surface area contributed by atoms with Crippen LogP contribution >= 0.6 is 0 Å². The zero-order valence-electron chi connectivity index (χ0n) is 16.6. The van der Waals surface area contributed by atoms with E-state index in [0.29, 0.717) is 18.3 Å². The van der Waals surface area contributed by atoms with Crippen LogP contribution in [0.2, 0.25) is 0 Å². The lowest BCUT2D eigenvalue weighted by atomic mass is 10.1. The van der Waals surface area contributed by atoms with Gasteiger partial charge in [-0.25, -0.2) is 5.43 Å². The summed E-state index contributed by atoms with van der Waals surface area (Å²) in [5, 5.41) is 4.21. The van der Waals surface area contributed by atoms with Crippen molar-refractivity contribution in [1.82, 2.24) is 5.43 Å². The Morgan fingerprint density at radius 2 is 1.61 bits per heavy atom. The minimum Gasteiger partial charge on any atom is -0.494 e. The van der Waals surface area contributed by atoms with Crippen molar-refractivity contribution in [2.75, 3.05) is 6.61 Å². The predicted octanol–water partition coefficient (Wildman–Crippen LogP) is 4.95. The minimum atomic E-state index is -0.241. The number of carbonyl (C=O) groups excluding carboxylic acids is 1. The molecule has 1 N–H and O–H groups in total. The molecule has 0 saturated heterocycles. The lowest BCUT2D eigenvalue weighted by molar-refractivity contribution is 0.0955. The van der Waals surface area contributed by atoms with Gasteiger partial charge in [0.05, 0.1) is 18.4 Å². The summed E-state index contributed by atoms with van der Waals surface area (Å²) in [5.74, 6) is 1.41. The lowest BCUT2D eigenvalue weighted by Gasteiger charge is -2.13. The molecule has 0 unspecified atom stereocenters. The topological polar surface area (TPSA) is 59.9 Å². The third-order valence-corrected chi connectivity index (χ3v) is 4.79. The number of ether oxygens (including phenoxy) is 2. The number of hydrazone groups is 1. The van der Waals surface area contributed by atoms with Crippen molar-refractivity contribution in [2.45, 2.75) is 52.1 Å². The highest BCUT2D eigenvalue weighted by atomic mass is 16.5. The molecule has 1 aliphatic carbocycles. The van der Waals surface area contributed by atoms with Crippen LogP contribution in [0, 0.1) is 0 Å². The molecule has 0 bridgehead atoms. The van der Waals surface area contributed by atoms with Gasteiger partial charge in [-0.2, -0.15) is 5.10 Å². The Hall–Kier alpha value is -2.82. The average Bonchev–Trinajstić information content (AvgIpc) is 3.24. The molecule has 1 saturated carbocycles. The SMILES string of the molecule is CCCOc1ccc(/C(C)=N/NC(=O)c2ccc(OC3CCCC3)cc2)cc1. The summed E-state index contributed by atoms with van der Waals surface area (Å²) in [7, 11) is 0. The van der Waals surface area contributed by atoms with Crippen LogP contribution in [-0.4, -0.2) is 24.3 Å². The van der Waals surface area contributed by atoms with Gasteiger partial charge in [0.1, 0.15) is 11.5 Å². The zero-order valence-corrected chi connectivity index (χ0v) is 16.6. The summed E-state index contributed by atoms with van der Waals surface area (Å²) in [4.78, 5) is 12.3. The minimum absolute atomic E-state index is 0.241. The van der Waals surface area contributed by atoms with E-state index in [4.69, 9.17) is 9.47 Å². The number of nitrogens with zero attached hydrogens (tertiary/aromatic N) is 1. The highest BCUT2D eigenvalue weighted by molar-refractivity contribution is 6.00. The van der Waals surface area contributed by atoms with Crippen molar-refractivity contribution < 1.29 is 14.3 Å². The summed E-state index contributed by atoms with van der Waals surface area (Å²) in [6.07, 6.45) is 5.98. The Morgan fingerprint density at radius 1 is 1.00 bits per heavy atom. The van der Waals surface area contributed by atoms with Crippen molar-refractivity contribution in [3.63, 3.8) is 0 Å². The molecule has 0 spiro atoms. The molecule has 1 aliphatic rings. The van der Waals surface area contributed by atoms with Crippen molar-refractivity contribution in [2.24, 2.45) is 5.10 Å². The second-order valence-corrected chi connectivity index (χ2v) is 7.06. The van der Waals surface area contributed by atoms with E-state index in [9.17, 15) is 4.79 Å². The molecule has 0 heterocycles. The summed E-state index contributed by atoms with van der Waals surface area (Å²) in [6.45, 7) is 4.64. The van der Waals surface area contributed by atoms with Gasteiger partial charge in [0.15, 0.2) is 0 Å².